The third kappa shape index (κ3) is 3.80. The van der Waals surface area contributed by atoms with Crippen molar-refractivity contribution in [3.63, 3.8) is 0 Å². The summed E-state index contributed by atoms with van der Waals surface area (Å²) in [5.74, 6) is 0.591. The zero-order valence-corrected chi connectivity index (χ0v) is 13.6. The molecule has 1 rings (SSSR count). The average Bonchev–Trinajstić information content (AvgIpc) is 2.35. The molecule has 1 N–H and O–H groups in total. The molecule has 108 valence electrons. The van der Waals surface area contributed by atoms with Gasteiger partial charge in [-0.1, -0.05) is 45.0 Å². The van der Waals surface area contributed by atoms with Crippen LogP contribution in [-0.4, -0.2) is 31.1 Å². The zero-order chi connectivity index (χ0) is 14.6. The topological polar surface area (TPSA) is 15.3 Å². The minimum Gasteiger partial charge on any atom is -0.309 e. The molecule has 19 heavy (non-hydrogen) atoms. The van der Waals surface area contributed by atoms with Gasteiger partial charge in [-0.25, -0.2) is 0 Å². The van der Waals surface area contributed by atoms with E-state index >= 15 is 0 Å². The first-order valence-corrected chi connectivity index (χ1v) is 7.31. The molecule has 0 spiro atoms. The molecule has 1 atom stereocenters. The molecule has 0 heterocycles. The summed E-state index contributed by atoms with van der Waals surface area (Å²) in [6.07, 6.45) is 0. The Kier molecular flexibility index (Phi) is 5.57. The molecule has 1 unspecified atom stereocenters. The lowest BCUT2D eigenvalue weighted by Gasteiger charge is -2.41. The summed E-state index contributed by atoms with van der Waals surface area (Å²) >= 11 is 0. The molecular formula is C17H30N2. The highest BCUT2D eigenvalue weighted by Gasteiger charge is 2.32. The van der Waals surface area contributed by atoms with Crippen LogP contribution in [0.2, 0.25) is 0 Å². The van der Waals surface area contributed by atoms with E-state index in [0.29, 0.717) is 12.0 Å². The molecular weight excluding hydrogens is 232 g/mol. The van der Waals surface area contributed by atoms with Crippen molar-refractivity contribution in [3.05, 3.63) is 35.4 Å². The second-order valence-corrected chi connectivity index (χ2v) is 6.36. The van der Waals surface area contributed by atoms with Gasteiger partial charge in [-0.05, 0) is 51.5 Å². The number of likely N-dealkylation sites (N-methyl/N-ethyl adjacent to an activating group) is 2. The van der Waals surface area contributed by atoms with E-state index in [-0.39, 0.29) is 5.54 Å². The molecule has 0 aliphatic rings. The van der Waals surface area contributed by atoms with Crippen molar-refractivity contribution in [2.45, 2.75) is 52.1 Å². The molecule has 0 aliphatic heterocycles. The molecule has 0 saturated heterocycles. The Morgan fingerprint density at radius 2 is 1.53 bits per heavy atom. The summed E-state index contributed by atoms with van der Waals surface area (Å²) in [4.78, 5) is 2.29. The Hall–Kier alpha value is -0.860. The second-order valence-electron chi connectivity index (χ2n) is 6.36. The molecule has 0 aliphatic carbocycles. The summed E-state index contributed by atoms with van der Waals surface area (Å²) in [7, 11) is 4.29. The molecule has 1 aromatic carbocycles. The Morgan fingerprint density at radius 3 is 1.89 bits per heavy atom. The predicted octanol–water partition coefficient (Wildman–Crippen LogP) is 3.80. The number of benzene rings is 1. The molecule has 0 saturated carbocycles. The Bertz CT molecular complexity index is 377. The average molecular weight is 262 g/mol. The highest BCUT2D eigenvalue weighted by molar-refractivity contribution is 5.28. The Balaban J connectivity index is 3.06. The van der Waals surface area contributed by atoms with E-state index in [9.17, 15) is 0 Å². The lowest BCUT2D eigenvalue weighted by molar-refractivity contribution is 0.139. The van der Waals surface area contributed by atoms with Crippen molar-refractivity contribution in [3.8, 4) is 0 Å². The first-order chi connectivity index (χ1) is 8.80. The maximum atomic E-state index is 3.63. The van der Waals surface area contributed by atoms with Crippen molar-refractivity contribution >= 4 is 0 Å². The number of hydrogen-bond acceptors (Lipinski definition) is 2. The zero-order valence-electron chi connectivity index (χ0n) is 13.6. The van der Waals surface area contributed by atoms with Gasteiger partial charge in [0, 0.05) is 5.54 Å². The largest absolute Gasteiger partial charge is 0.309 e. The summed E-state index contributed by atoms with van der Waals surface area (Å²) in [5.41, 5.74) is 2.85. The fourth-order valence-corrected chi connectivity index (χ4v) is 2.31. The number of nitrogens with one attached hydrogen (secondary N) is 1. The van der Waals surface area contributed by atoms with Crippen molar-refractivity contribution < 1.29 is 0 Å². The Labute approximate surface area is 119 Å². The van der Waals surface area contributed by atoms with Gasteiger partial charge in [0.2, 0.25) is 0 Å². The minimum absolute atomic E-state index is 0.0787. The molecule has 0 amide bonds. The van der Waals surface area contributed by atoms with E-state index in [0.717, 1.165) is 6.54 Å². The smallest absolute Gasteiger partial charge is 0.0501 e. The highest BCUT2D eigenvalue weighted by atomic mass is 15.2. The van der Waals surface area contributed by atoms with E-state index in [4.69, 9.17) is 0 Å². The van der Waals surface area contributed by atoms with Crippen molar-refractivity contribution in [2.24, 2.45) is 0 Å². The quantitative estimate of drug-likeness (QED) is 0.839. The third-order valence-corrected chi connectivity index (χ3v) is 4.20. The van der Waals surface area contributed by atoms with Crippen LogP contribution in [0.1, 0.15) is 57.7 Å². The van der Waals surface area contributed by atoms with Gasteiger partial charge in [-0.3, -0.25) is 0 Å². The summed E-state index contributed by atoms with van der Waals surface area (Å²) in [5, 5.41) is 3.63. The van der Waals surface area contributed by atoms with Crippen molar-refractivity contribution in [2.75, 3.05) is 20.6 Å². The monoisotopic (exact) mass is 262 g/mol. The number of nitrogens with zero attached hydrogens (tertiary/aromatic N) is 1. The van der Waals surface area contributed by atoms with Gasteiger partial charge in [-0.15, -0.1) is 0 Å². The first-order valence-electron chi connectivity index (χ1n) is 7.31. The third-order valence-electron chi connectivity index (χ3n) is 4.20. The highest BCUT2D eigenvalue weighted by Crippen LogP contribution is 2.30. The summed E-state index contributed by atoms with van der Waals surface area (Å²) in [6, 6.07) is 9.40. The van der Waals surface area contributed by atoms with Gasteiger partial charge in [-0.2, -0.15) is 0 Å². The first kappa shape index (κ1) is 16.2. The van der Waals surface area contributed by atoms with Crippen molar-refractivity contribution in [1.82, 2.24) is 10.2 Å². The fourth-order valence-electron chi connectivity index (χ4n) is 2.31. The predicted molar refractivity (Wildman–Crippen MR) is 84.7 cm³/mol. The van der Waals surface area contributed by atoms with Crippen LogP contribution < -0.4 is 5.32 Å². The van der Waals surface area contributed by atoms with E-state index in [2.05, 4.69) is 83.2 Å². The molecule has 0 radical (unpaired) electrons. The van der Waals surface area contributed by atoms with Gasteiger partial charge in [0.05, 0.1) is 6.04 Å². The normalized spacial score (nSPS) is 14.2. The maximum absolute atomic E-state index is 3.63. The van der Waals surface area contributed by atoms with Gasteiger partial charge in [0.1, 0.15) is 0 Å². The van der Waals surface area contributed by atoms with Gasteiger partial charge in [0.15, 0.2) is 0 Å². The van der Waals surface area contributed by atoms with Gasteiger partial charge >= 0.3 is 0 Å². The SMILES string of the molecule is CCNC(c1ccc(C(C)C)cc1)C(C)(C)N(C)C. The lowest BCUT2D eigenvalue weighted by Crippen LogP contribution is -2.49. The molecule has 0 fully saturated rings. The minimum atomic E-state index is 0.0787. The van der Waals surface area contributed by atoms with Gasteiger partial charge < -0.3 is 10.2 Å². The second kappa shape index (κ2) is 6.53. The van der Waals surface area contributed by atoms with E-state index in [1.165, 1.54) is 11.1 Å². The van der Waals surface area contributed by atoms with Crippen LogP contribution in [0, 0.1) is 0 Å². The standard InChI is InChI=1S/C17H30N2/c1-8-18-16(17(4,5)19(6)7)15-11-9-14(10-12-15)13(2)3/h9-13,16,18H,8H2,1-7H3. The van der Waals surface area contributed by atoms with Crippen molar-refractivity contribution in [1.29, 1.82) is 0 Å². The lowest BCUT2D eigenvalue weighted by atomic mass is 9.86. The van der Waals surface area contributed by atoms with Crippen LogP contribution in [-0.2, 0) is 0 Å². The van der Waals surface area contributed by atoms with E-state index in [1.54, 1.807) is 0 Å². The van der Waals surface area contributed by atoms with Crippen LogP contribution in [0.25, 0.3) is 0 Å². The van der Waals surface area contributed by atoms with Crippen LogP contribution in [0.15, 0.2) is 24.3 Å². The molecule has 2 nitrogen and oxygen atoms in total. The van der Waals surface area contributed by atoms with E-state index < -0.39 is 0 Å². The number of rotatable bonds is 6. The Morgan fingerprint density at radius 1 is 1.05 bits per heavy atom. The molecule has 0 bridgehead atoms. The summed E-state index contributed by atoms with van der Waals surface area (Å²) in [6.45, 7) is 12.2. The molecule has 1 aromatic rings. The van der Waals surface area contributed by atoms with Gasteiger partial charge in [0.25, 0.3) is 0 Å². The molecule has 0 aromatic heterocycles. The fraction of sp³-hybridized carbons (Fsp3) is 0.647. The maximum Gasteiger partial charge on any atom is 0.0501 e. The van der Waals surface area contributed by atoms with Crippen LogP contribution in [0.5, 0.6) is 0 Å². The van der Waals surface area contributed by atoms with Crippen LogP contribution in [0.3, 0.4) is 0 Å². The molecule has 2 heteroatoms. The number of hydrogen-bond donors (Lipinski definition) is 1. The summed E-state index contributed by atoms with van der Waals surface area (Å²) < 4.78 is 0. The van der Waals surface area contributed by atoms with Crippen LogP contribution in [0.4, 0.5) is 0 Å². The van der Waals surface area contributed by atoms with E-state index in [1.807, 2.05) is 0 Å². The van der Waals surface area contributed by atoms with Crippen LogP contribution >= 0.6 is 0 Å².